The van der Waals surface area contributed by atoms with Crippen LogP contribution in [0, 0.1) is 0 Å². The quantitative estimate of drug-likeness (QED) is 0.823. The first-order valence-electron chi connectivity index (χ1n) is 7.25. The van der Waals surface area contributed by atoms with Crippen LogP contribution in [-0.4, -0.2) is 44.9 Å². The van der Waals surface area contributed by atoms with E-state index in [4.69, 9.17) is 9.47 Å². The van der Waals surface area contributed by atoms with E-state index in [-0.39, 0.29) is 24.3 Å². The molecule has 1 aromatic carbocycles. The Hall–Kier alpha value is -1.93. The Morgan fingerprint density at radius 2 is 2.30 bits per heavy atom. The Balaban J connectivity index is 2.04. The van der Waals surface area contributed by atoms with Gasteiger partial charge in [-0.1, -0.05) is 0 Å². The number of methoxy groups -OCH3 is 1. The molecule has 6 nitrogen and oxygen atoms in total. The third kappa shape index (κ3) is 4.77. The Kier molecular flexibility index (Phi) is 6.12. The van der Waals surface area contributed by atoms with Gasteiger partial charge in [0.25, 0.3) is 0 Å². The van der Waals surface area contributed by atoms with Gasteiger partial charge in [0, 0.05) is 18.7 Å². The predicted octanol–water partition coefficient (Wildman–Crippen LogP) is 1.29. The van der Waals surface area contributed by atoms with Crippen molar-refractivity contribution in [1.82, 2.24) is 10.6 Å². The minimum Gasteiger partial charge on any atom is -0.497 e. The van der Waals surface area contributed by atoms with Gasteiger partial charge < -0.3 is 24.8 Å². The van der Waals surface area contributed by atoms with Crippen molar-refractivity contribution in [3.05, 3.63) is 23.8 Å². The number of hydrogen-bond acceptors (Lipinski definition) is 5. The van der Waals surface area contributed by atoms with Crippen LogP contribution in [-0.2, 0) is 16.1 Å². The topological polar surface area (TPSA) is 68.8 Å². The average Bonchev–Trinajstić information content (AvgIpc) is 2.53. The van der Waals surface area contributed by atoms with E-state index >= 15 is 0 Å². The fourth-order valence-corrected chi connectivity index (χ4v) is 2.35. The van der Waals surface area contributed by atoms with Crippen molar-refractivity contribution < 1.29 is 27.8 Å². The molecule has 8 heteroatoms. The van der Waals surface area contributed by atoms with Gasteiger partial charge in [-0.05, 0) is 25.1 Å². The monoisotopic (exact) mass is 330 g/mol. The molecule has 1 aliphatic rings. The number of rotatable bonds is 6. The standard InChI is InChI=1S/C15H20F2N2O4/c1-9-13(18-5-6-22-9)14(20)19-8-10-7-11(21-2)3-4-12(10)23-15(16)17/h3-4,7,9,13,15,18H,5-6,8H2,1-2H3,(H,19,20)/t9-,13+/m1/s1. The van der Waals surface area contributed by atoms with Crippen LogP contribution in [0.5, 0.6) is 11.5 Å². The number of nitrogens with one attached hydrogen (secondary N) is 2. The Morgan fingerprint density at radius 1 is 1.52 bits per heavy atom. The van der Waals surface area contributed by atoms with Gasteiger partial charge in [-0.25, -0.2) is 0 Å². The lowest BCUT2D eigenvalue weighted by Crippen LogP contribution is -2.55. The first kappa shape index (κ1) is 17.4. The third-order valence-electron chi connectivity index (χ3n) is 3.54. The molecule has 1 fully saturated rings. The maximum Gasteiger partial charge on any atom is 0.387 e. The summed E-state index contributed by atoms with van der Waals surface area (Å²) in [6.45, 7) is 0.0384. The van der Waals surface area contributed by atoms with E-state index < -0.39 is 12.7 Å². The zero-order valence-corrected chi connectivity index (χ0v) is 13.0. The van der Waals surface area contributed by atoms with Crippen molar-refractivity contribution in [2.45, 2.75) is 32.2 Å². The molecule has 0 unspecified atom stereocenters. The largest absolute Gasteiger partial charge is 0.497 e. The molecule has 2 N–H and O–H groups in total. The summed E-state index contributed by atoms with van der Waals surface area (Å²) in [6.07, 6.45) is -0.258. The third-order valence-corrected chi connectivity index (χ3v) is 3.54. The number of morpholine rings is 1. The Morgan fingerprint density at radius 3 is 2.96 bits per heavy atom. The normalized spacial score (nSPS) is 21.1. The van der Waals surface area contributed by atoms with Crippen LogP contribution in [0.25, 0.3) is 0 Å². The van der Waals surface area contributed by atoms with Gasteiger partial charge in [0.2, 0.25) is 5.91 Å². The lowest BCUT2D eigenvalue weighted by Gasteiger charge is -2.29. The van der Waals surface area contributed by atoms with Crippen molar-refractivity contribution in [2.24, 2.45) is 0 Å². The number of ether oxygens (including phenoxy) is 3. The average molecular weight is 330 g/mol. The minimum atomic E-state index is -2.94. The van der Waals surface area contributed by atoms with Gasteiger partial charge in [0.15, 0.2) is 0 Å². The first-order chi connectivity index (χ1) is 11.0. The van der Waals surface area contributed by atoms with Crippen LogP contribution in [0.2, 0.25) is 0 Å². The SMILES string of the molecule is COc1ccc(OC(F)F)c(CNC(=O)[C@H]2NCCO[C@@H]2C)c1. The van der Waals surface area contributed by atoms with Crippen molar-refractivity contribution in [3.8, 4) is 11.5 Å². The molecule has 1 saturated heterocycles. The van der Waals surface area contributed by atoms with Gasteiger partial charge >= 0.3 is 6.61 Å². The van der Waals surface area contributed by atoms with Crippen molar-refractivity contribution in [3.63, 3.8) is 0 Å². The lowest BCUT2D eigenvalue weighted by atomic mass is 10.1. The smallest absolute Gasteiger partial charge is 0.387 e. The van der Waals surface area contributed by atoms with Gasteiger partial charge in [-0.3, -0.25) is 4.79 Å². The van der Waals surface area contributed by atoms with Gasteiger partial charge in [0.1, 0.15) is 17.5 Å². The second-order valence-electron chi connectivity index (χ2n) is 5.08. The molecule has 1 aromatic rings. The van der Waals surface area contributed by atoms with Crippen LogP contribution >= 0.6 is 0 Å². The fourth-order valence-electron chi connectivity index (χ4n) is 2.35. The van der Waals surface area contributed by atoms with Gasteiger partial charge in [-0.2, -0.15) is 8.78 Å². The second-order valence-corrected chi connectivity index (χ2v) is 5.08. The fraction of sp³-hybridized carbons (Fsp3) is 0.533. The van der Waals surface area contributed by atoms with E-state index in [0.717, 1.165) is 0 Å². The zero-order chi connectivity index (χ0) is 16.8. The highest BCUT2D eigenvalue weighted by Gasteiger charge is 2.28. The van der Waals surface area contributed by atoms with E-state index in [0.29, 0.717) is 24.5 Å². The van der Waals surface area contributed by atoms with Crippen molar-refractivity contribution >= 4 is 5.91 Å². The summed E-state index contributed by atoms with van der Waals surface area (Å²) < 4.78 is 39.9. The van der Waals surface area contributed by atoms with E-state index in [1.165, 1.54) is 19.2 Å². The highest BCUT2D eigenvalue weighted by atomic mass is 19.3. The molecule has 23 heavy (non-hydrogen) atoms. The lowest BCUT2D eigenvalue weighted by molar-refractivity contribution is -0.129. The number of hydrogen-bond donors (Lipinski definition) is 2. The van der Waals surface area contributed by atoms with Crippen LogP contribution in [0.1, 0.15) is 12.5 Å². The van der Waals surface area contributed by atoms with E-state index in [1.807, 2.05) is 0 Å². The summed E-state index contributed by atoms with van der Waals surface area (Å²) in [4.78, 5) is 12.2. The molecule has 2 rings (SSSR count). The summed E-state index contributed by atoms with van der Waals surface area (Å²) in [7, 11) is 1.47. The number of alkyl halides is 2. The maximum atomic E-state index is 12.5. The number of halogens is 2. The van der Waals surface area contributed by atoms with E-state index in [9.17, 15) is 13.6 Å². The molecule has 0 aromatic heterocycles. The zero-order valence-electron chi connectivity index (χ0n) is 13.0. The van der Waals surface area contributed by atoms with Crippen molar-refractivity contribution in [1.29, 1.82) is 0 Å². The molecule has 128 valence electrons. The summed E-state index contributed by atoms with van der Waals surface area (Å²) >= 11 is 0. The number of amides is 1. The Labute approximate surface area is 133 Å². The van der Waals surface area contributed by atoms with Crippen LogP contribution in [0.3, 0.4) is 0 Å². The highest BCUT2D eigenvalue weighted by Crippen LogP contribution is 2.25. The van der Waals surface area contributed by atoms with Crippen molar-refractivity contribution in [2.75, 3.05) is 20.3 Å². The minimum absolute atomic E-state index is 0.00185. The summed E-state index contributed by atoms with van der Waals surface area (Å²) in [5.74, 6) is 0.230. The summed E-state index contributed by atoms with van der Waals surface area (Å²) in [5, 5.41) is 5.76. The van der Waals surface area contributed by atoms with Crippen LogP contribution < -0.4 is 20.1 Å². The molecule has 1 amide bonds. The molecule has 0 bridgehead atoms. The number of benzene rings is 1. The Bertz CT molecular complexity index is 542. The molecule has 1 heterocycles. The molecule has 2 atom stereocenters. The summed E-state index contributed by atoms with van der Waals surface area (Å²) in [6, 6.07) is 3.97. The van der Waals surface area contributed by atoms with E-state index in [2.05, 4.69) is 15.4 Å². The molecule has 0 spiro atoms. The molecule has 0 radical (unpaired) electrons. The molecular formula is C15H20F2N2O4. The highest BCUT2D eigenvalue weighted by molar-refractivity contribution is 5.82. The van der Waals surface area contributed by atoms with Crippen LogP contribution in [0.4, 0.5) is 8.78 Å². The number of carbonyl (C=O) groups is 1. The van der Waals surface area contributed by atoms with Gasteiger partial charge in [-0.15, -0.1) is 0 Å². The number of carbonyl (C=O) groups excluding carboxylic acids is 1. The molecule has 1 aliphatic heterocycles. The molecule has 0 saturated carbocycles. The molecule has 0 aliphatic carbocycles. The van der Waals surface area contributed by atoms with Gasteiger partial charge in [0.05, 0.1) is 19.8 Å². The predicted molar refractivity (Wildman–Crippen MR) is 78.7 cm³/mol. The van der Waals surface area contributed by atoms with E-state index in [1.54, 1.807) is 13.0 Å². The van der Waals surface area contributed by atoms with Crippen LogP contribution in [0.15, 0.2) is 18.2 Å². The first-order valence-corrected chi connectivity index (χ1v) is 7.25. The second kappa shape index (κ2) is 8.07. The molecular weight excluding hydrogens is 310 g/mol. The summed E-state index contributed by atoms with van der Waals surface area (Å²) in [5.41, 5.74) is 0.405. The maximum absolute atomic E-state index is 12.5.